The first kappa shape index (κ1) is 15.9. The number of benzene rings is 2. The summed E-state index contributed by atoms with van der Waals surface area (Å²) in [5.74, 6) is -0.534. The molecule has 0 aromatic heterocycles. The summed E-state index contributed by atoms with van der Waals surface area (Å²) in [6.45, 7) is 0.368. The molecular formula is C16H16ClN3O2. The van der Waals surface area contributed by atoms with Crippen molar-refractivity contribution in [2.45, 2.75) is 6.42 Å². The number of amides is 3. The molecule has 5 nitrogen and oxygen atoms in total. The zero-order valence-electron chi connectivity index (χ0n) is 11.8. The quantitative estimate of drug-likeness (QED) is 0.758. The summed E-state index contributed by atoms with van der Waals surface area (Å²) >= 11 is 6.03. The van der Waals surface area contributed by atoms with Crippen molar-refractivity contribution in [2.24, 2.45) is 0 Å². The van der Waals surface area contributed by atoms with E-state index in [-0.39, 0.29) is 5.56 Å². The van der Waals surface area contributed by atoms with Crippen LogP contribution in [0, 0.1) is 0 Å². The fraction of sp³-hybridized carbons (Fsp3) is 0.125. The molecule has 0 atom stereocenters. The third-order valence-corrected chi connectivity index (χ3v) is 3.44. The van der Waals surface area contributed by atoms with Crippen LogP contribution in [0.1, 0.15) is 15.9 Å². The van der Waals surface area contributed by atoms with E-state index in [1.54, 1.807) is 30.3 Å². The van der Waals surface area contributed by atoms with Crippen molar-refractivity contribution in [2.75, 3.05) is 12.3 Å². The van der Waals surface area contributed by atoms with E-state index in [1.165, 1.54) is 0 Å². The summed E-state index contributed by atoms with van der Waals surface area (Å²) in [5.41, 5.74) is 7.21. The van der Waals surface area contributed by atoms with Crippen molar-refractivity contribution in [1.29, 1.82) is 0 Å². The molecule has 0 radical (unpaired) electrons. The monoisotopic (exact) mass is 317 g/mol. The normalized spacial score (nSPS) is 10.0. The number of carbonyl (C=O) groups excluding carboxylic acids is 2. The second-order valence-corrected chi connectivity index (χ2v) is 5.05. The lowest BCUT2D eigenvalue weighted by molar-refractivity contribution is 0.0965. The van der Waals surface area contributed by atoms with Crippen LogP contribution >= 0.6 is 11.6 Å². The van der Waals surface area contributed by atoms with Crippen molar-refractivity contribution in [3.63, 3.8) is 0 Å². The van der Waals surface area contributed by atoms with Gasteiger partial charge in [0.25, 0.3) is 5.91 Å². The molecule has 4 N–H and O–H groups in total. The Morgan fingerprint density at radius 2 is 1.73 bits per heavy atom. The van der Waals surface area contributed by atoms with Gasteiger partial charge in [-0.05, 0) is 30.2 Å². The zero-order valence-corrected chi connectivity index (χ0v) is 12.6. The molecule has 0 unspecified atom stereocenters. The lowest BCUT2D eigenvalue weighted by atomic mass is 10.1. The molecule has 0 spiro atoms. The molecule has 114 valence electrons. The Morgan fingerprint density at radius 1 is 1.05 bits per heavy atom. The van der Waals surface area contributed by atoms with E-state index in [9.17, 15) is 9.59 Å². The van der Waals surface area contributed by atoms with E-state index in [0.717, 1.165) is 5.56 Å². The Balaban J connectivity index is 1.82. The summed E-state index contributed by atoms with van der Waals surface area (Å²) in [4.78, 5) is 23.6. The number of nitrogen functional groups attached to an aromatic ring is 1. The maximum Gasteiger partial charge on any atom is 0.321 e. The van der Waals surface area contributed by atoms with E-state index in [4.69, 9.17) is 17.3 Å². The predicted octanol–water partition coefficient (Wildman–Crippen LogP) is 2.60. The molecule has 0 bridgehead atoms. The molecule has 0 fully saturated rings. The topological polar surface area (TPSA) is 84.2 Å². The molecule has 22 heavy (non-hydrogen) atoms. The highest BCUT2D eigenvalue weighted by Crippen LogP contribution is 2.14. The molecule has 0 aliphatic carbocycles. The highest BCUT2D eigenvalue weighted by Gasteiger charge is 2.12. The van der Waals surface area contributed by atoms with Crippen LogP contribution in [-0.4, -0.2) is 18.5 Å². The van der Waals surface area contributed by atoms with Crippen LogP contribution < -0.4 is 16.4 Å². The minimum Gasteiger partial charge on any atom is -0.398 e. The Bertz CT molecular complexity index is 689. The molecule has 0 aliphatic rings. The summed E-state index contributed by atoms with van der Waals surface area (Å²) in [6, 6.07) is 13.4. The number of urea groups is 1. The second kappa shape index (κ2) is 7.47. The highest BCUT2D eigenvalue weighted by atomic mass is 35.5. The van der Waals surface area contributed by atoms with Crippen molar-refractivity contribution in [3.8, 4) is 0 Å². The lowest BCUT2D eigenvalue weighted by Gasteiger charge is -2.08. The van der Waals surface area contributed by atoms with Gasteiger partial charge in [0.2, 0.25) is 0 Å². The molecule has 0 heterocycles. The van der Waals surface area contributed by atoms with Gasteiger partial charge in [-0.2, -0.15) is 0 Å². The van der Waals surface area contributed by atoms with E-state index in [0.29, 0.717) is 23.7 Å². The number of hydrogen-bond acceptors (Lipinski definition) is 3. The minimum absolute atomic E-state index is 0.267. The number of rotatable bonds is 4. The maximum absolute atomic E-state index is 11.9. The standard InChI is InChI=1S/C16H16ClN3O2/c17-13-7-3-1-5-11(13)9-10-19-16(22)20-15(21)12-6-2-4-8-14(12)18/h1-8H,9-10,18H2,(H2,19,20,21,22). The van der Waals surface area contributed by atoms with Gasteiger partial charge in [0, 0.05) is 17.3 Å². The Hall–Kier alpha value is -2.53. The summed E-state index contributed by atoms with van der Waals surface area (Å²) in [5, 5.41) is 5.49. The van der Waals surface area contributed by atoms with Gasteiger partial charge in [0.05, 0.1) is 5.56 Å². The van der Waals surface area contributed by atoms with Crippen LogP contribution in [0.5, 0.6) is 0 Å². The first-order valence-corrected chi connectivity index (χ1v) is 7.13. The lowest BCUT2D eigenvalue weighted by Crippen LogP contribution is -2.40. The van der Waals surface area contributed by atoms with Crippen LogP contribution in [0.15, 0.2) is 48.5 Å². The highest BCUT2D eigenvalue weighted by molar-refractivity contribution is 6.31. The number of nitrogens with two attached hydrogens (primary N) is 1. The summed E-state index contributed by atoms with van der Waals surface area (Å²) in [7, 11) is 0. The van der Waals surface area contributed by atoms with Crippen molar-refractivity contribution >= 4 is 29.2 Å². The molecule has 6 heteroatoms. The van der Waals surface area contributed by atoms with E-state index < -0.39 is 11.9 Å². The van der Waals surface area contributed by atoms with Crippen molar-refractivity contribution in [3.05, 3.63) is 64.7 Å². The van der Waals surface area contributed by atoms with Gasteiger partial charge in [0.15, 0.2) is 0 Å². The van der Waals surface area contributed by atoms with Crippen LogP contribution in [0.2, 0.25) is 5.02 Å². The minimum atomic E-state index is -0.569. The van der Waals surface area contributed by atoms with E-state index in [1.807, 2.05) is 18.2 Å². The smallest absolute Gasteiger partial charge is 0.321 e. The predicted molar refractivity (Wildman–Crippen MR) is 86.9 cm³/mol. The largest absolute Gasteiger partial charge is 0.398 e. The molecule has 2 aromatic rings. The van der Waals surface area contributed by atoms with Crippen LogP contribution in [-0.2, 0) is 6.42 Å². The maximum atomic E-state index is 11.9. The average Bonchev–Trinajstić information content (AvgIpc) is 2.49. The number of hydrogen-bond donors (Lipinski definition) is 3. The fourth-order valence-corrected chi connectivity index (χ4v) is 2.16. The Morgan fingerprint density at radius 3 is 2.45 bits per heavy atom. The first-order chi connectivity index (χ1) is 10.6. The Kier molecular flexibility index (Phi) is 5.38. The van der Waals surface area contributed by atoms with Gasteiger partial charge >= 0.3 is 6.03 Å². The van der Waals surface area contributed by atoms with E-state index >= 15 is 0 Å². The number of nitrogens with one attached hydrogen (secondary N) is 2. The number of carbonyl (C=O) groups is 2. The van der Waals surface area contributed by atoms with Gasteiger partial charge in [-0.15, -0.1) is 0 Å². The van der Waals surface area contributed by atoms with Crippen LogP contribution in [0.4, 0.5) is 10.5 Å². The molecule has 2 aromatic carbocycles. The van der Waals surface area contributed by atoms with Crippen LogP contribution in [0.3, 0.4) is 0 Å². The van der Waals surface area contributed by atoms with Crippen molar-refractivity contribution < 1.29 is 9.59 Å². The van der Waals surface area contributed by atoms with Crippen molar-refractivity contribution in [1.82, 2.24) is 10.6 Å². The first-order valence-electron chi connectivity index (χ1n) is 6.75. The number of para-hydroxylation sites is 1. The average molecular weight is 318 g/mol. The van der Waals surface area contributed by atoms with Gasteiger partial charge in [-0.25, -0.2) is 4.79 Å². The number of halogens is 1. The molecule has 0 aliphatic heterocycles. The van der Waals surface area contributed by atoms with Gasteiger partial charge in [-0.3, -0.25) is 10.1 Å². The summed E-state index contributed by atoms with van der Waals surface area (Å²) < 4.78 is 0. The molecular weight excluding hydrogens is 302 g/mol. The zero-order chi connectivity index (χ0) is 15.9. The summed E-state index contributed by atoms with van der Waals surface area (Å²) in [6.07, 6.45) is 0.578. The third-order valence-electron chi connectivity index (χ3n) is 3.07. The molecule has 3 amide bonds. The SMILES string of the molecule is Nc1ccccc1C(=O)NC(=O)NCCc1ccccc1Cl. The van der Waals surface area contributed by atoms with Gasteiger partial charge in [0.1, 0.15) is 0 Å². The molecule has 0 saturated carbocycles. The molecule has 2 rings (SSSR count). The van der Waals surface area contributed by atoms with Crippen LogP contribution in [0.25, 0.3) is 0 Å². The fourth-order valence-electron chi connectivity index (χ4n) is 1.93. The van der Waals surface area contributed by atoms with Gasteiger partial charge < -0.3 is 11.1 Å². The Labute approximate surface area is 133 Å². The second-order valence-electron chi connectivity index (χ2n) is 4.64. The number of anilines is 1. The third kappa shape index (κ3) is 4.23. The number of imide groups is 1. The van der Waals surface area contributed by atoms with E-state index in [2.05, 4.69) is 10.6 Å². The molecule has 0 saturated heterocycles. The van der Waals surface area contributed by atoms with Gasteiger partial charge in [-0.1, -0.05) is 41.9 Å².